The number of nitrogen functional groups attached to an aromatic ring is 2. The molecule has 0 heterocycles. The Hall–Kier alpha value is -2.68. The first-order valence-corrected chi connectivity index (χ1v) is 7.85. The van der Waals surface area contributed by atoms with E-state index in [1.54, 1.807) is 24.3 Å². The fourth-order valence-corrected chi connectivity index (χ4v) is 2.24. The molecule has 9 N–H and O–H groups in total. The van der Waals surface area contributed by atoms with Crippen molar-refractivity contribution in [1.29, 1.82) is 0 Å². The maximum absolute atomic E-state index is 8.92. The van der Waals surface area contributed by atoms with Crippen molar-refractivity contribution in [3.8, 4) is 11.5 Å². The van der Waals surface area contributed by atoms with Gasteiger partial charge in [0.15, 0.2) is 0 Å². The molecule has 2 rings (SSSR count). The number of hydrogen-bond acceptors (Lipinski definition) is 8. The van der Waals surface area contributed by atoms with Crippen LogP contribution in [0.25, 0.3) is 0 Å². The largest absolute Gasteiger partial charge is 0.489 e. The molecule has 0 aliphatic heterocycles. The summed E-state index contributed by atoms with van der Waals surface area (Å²) in [6.45, 7) is 0.0896. The molecular weight excluding hydrogens is 324 g/mol. The summed E-state index contributed by atoms with van der Waals surface area (Å²) in [7, 11) is 0. The number of hydrogen-bond donors (Lipinski definition) is 6. The van der Waals surface area contributed by atoms with Gasteiger partial charge in [-0.2, -0.15) is 0 Å². The zero-order chi connectivity index (χ0) is 18.2. The van der Waals surface area contributed by atoms with E-state index in [-0.39, 0.29) is 25.5 Å². The van der Waals surface area contributed by atoms with Crippen molar-refractivity contribution in [3.63, 3.8) is 0 Å². The number of nitrogens with two attached hydrogens (primary N) is 3. The highest BCUT2D eigenvalue weighted by atomic mass is 16.5. The minimum atomic E-state index is -0.888. The molecule has 0 saturated carbocycles. The maximum Gasteiger partial charge on any atom is 0.225 e. The Morgan fingerprint density at radius 2 is 1.72 bits per heavy atom. The number of nitrogens with one attached hydrogen (secondary N) is 1. The summed E-state index contributed by atoms with van der Waals surface area (Å²) >= 11 is 0. The normalized spacial score (nSPS) is 11.8. The quantitative estimate of drug-likeness (QED) is 0.283. The van der Waals surface area contributed by atoms with Crippen molar-refractivity contribution < 1.29 is 19.7 Å². The third-order valence-corrected chi connectivity index (χ3v) is 3.46. The minimum absolute atomic E-state index is 0.0918. The molecule has 0 spiro atoms. The molecule has 0 radical (unpaired) electrons. The van der Waals surface area contributed by atoms with Crippen LogP contribution in [0.2, 0.25) is 0 Å². The van der Waals surface area contributed by atoms with Gasteiger partial charge in [0.1, 0.15) is 18.1 Å². The zero-order valence-electron chi connectivity index (χ0n) is 13.8. The van der Waals surface area contributed by atoms with Gasteiger partial charge in [0.2, 0.25) is 6.35 Å². The molecule has 1 unspecified atom stereocenters. The molecule has 0 fully saturated rings. The smallest absolute Gasteiger partial charge is 0.225 e. The fraction of sp³-hybridized carbons (Fsp3) is 0.294. The van der Waals surface area contributed by atoms with Crippen LogP contribution in [-0.4, -0.2) is 36.4 Å². The first kappa shape index (κ1) is 18.7. The summed E-state index contributed by atoms with van der Waals surface area (Å²) in [6.07, 6.45) is -0.306. The van der Waals surface area contributed by atoms with Crippen LogP contribution in [0.4, 0.5) is 17.1 Å². The molecule has 0 saturated heterocycles. The Balaban J connectivity index is 2.05. The number of benzene rings is 2. The Morgan fingerprint density at radius 1 is 1.00 bits per heavy atom. The van der Waals surface area contributed by atoms with Gasteiger partial charge in [-0.1, -0.05) is 12.1 Å². The van der Waals surface area contributed by atoms with Crippen LogP contribution in [0.1, 0.15) is 5.56 Å². The van der Waals surface area contributed by atoms with E-state index < -0.39 is 6.35 Å². The number of ether oxygens (including phenoxy) is 2. The summed E-state index contributed by atoms with van der Waals surface area (Å²) in [5, 5.41) is 20.7. The van der Waals surface area contributed by atoms with Gasteiger partial charge in [-0.25, -0.2) is 0 Å². The van der Waals surface area contributed by atoms with Crippen LogP contribution >= 0.6 is 0 Å². The van der Waals surface area contributed by atoms with E-state index in [1.807, 2.05) is 12.1 Å². The van der Waals surface area contributed by atoms with Gasteiger partial charge >= 0.3 is 0 Å². The molecule has 8 nitrogen and oxygen atoms in total. The van der Waals surface area contributed by atoms with Crippen LogP contribution in [0.15, 0.2) is 36.4 Å². The summed E-state index contributed by atoms with van der Waals surface area (Å²) in [5.74, 6) is 0.956. The molecule has 8 heteroatoms. The van der Waals surface area contributed by atoms with E-state index >= 15 is 0 Å². The van der Waals surface area contributed by atoms with Gasteiger partial charge in [-0.3, -0.25) is 5.73 Å². The number of aliphatic hydroxyl groups is 2. The number of aliphatic hydroxyl groups excluding tert-OH is 2. The van der Waals surface area contributed by atoms with Crippen LogP contribution in [0.5, 0.6) is 11.5 Å². The lowest BCUT2D eigenvalue weighted by atomic mass is 10.1. The maximum atomic E-state index is 8.92. The molecular formula is C17H24N4O4. The summed E-state index contributed by atoms with van der Waals surface area (Å²) < 4.78 is 10.9. The molecule has 25 heavy (non-hydrogen) atoms. The molecule has 0 aliphatic carbocycles. The Morgan fingerprint density at radius 3 is 2.36 bits per heavy atom. The summed E-state index contributed by atoms with van der Waals surface area (Å²) in [4.78, 5) is 0. The SMILES string of the molecule is Nc1ccc(OCCO)c(N)c1NC(N)Oc1ccc(CCO)cc1. The van der Waals surface area contributed by atoms with E-state index in [0.29, 0.717) is 29.3 Å². The predicted octanol–water partition coefficient (Wildman–Crippen LogP) is 0.490. The van der Waals surface area contributed by atoms with E-state index in [2.05, 4.69) is 5.32 Å². The second-order valence-electron chi connectivity index (χ2n) is 5.31. The first-order chi connectivity index (χ1) is 12.0. The van der Waals surface area contributed by atoms with Crippen LogP contribution in [-0.2, 0) is 6.42 Å². The van der Waals surface area contributed by atoms with E-state index in [9.17, 15) is 0 Å². The Bertz CT molecular complexity index is 679. The molecule has 1 atom stereocenters. The second kappa shape index (κ2) is 8.97. The number of rotatable bonds is 9. The molecule has 0 aliphatic rings. The molecule has 0 amide bonds. The van der Waals surface area contributed by atoms with Gasteiger partial charge in [0.25, 0.3) is 0 Å². The molecule has 2 aromatic carbocycles. The Labute approximate surface area is 146 Å². The highest BCUT2D eigenvalue weighted by Crippen LogP contribution is 2.35. The molecule has 2 aromatic rings. The first-order valence-electron chi connectivity index (χ1n) is 7.85. The van der Waals surface area contributed by atoms with Crippen molar-refractivity contribution in [1.82, 2.24) is 0 Å². The lowest BCUT2D eigenvalue weighted by molar-refractivity contribution is 0.202. The van der Waals surface area contributed by atoms with Crippen molar-refractivity contribution in [3.05, 3.63) is 42.0 Å². The van der Waals surface area contributed by atoms with Crippen LogP contribution < -0.4 is 32.0 Å². The third-order valence-electron chi connectivity index (χ3n) is 3.46. The number of anilines is 3. The van der Waals surface area contributed by atoms with E-state index in [1.165, 1.54) is 0 Å². The standard InChI is InChI=1S/C17H24N4O4/c18-13-5-6-14(24-10-9-23)15(19)16(13)21-17(20)25-12-3-1-11(2-4-12)7-8-22/h1-6,17,21-23H,7-10,18-20H2. The van der Waals surface area contributed by atoms with Crippen LogP contribution in [0, 0.1) is 0 Å². The second-order valence-corrected chi connectivity index (χ2v) is 5.31. The van der Waals surface area contributed by atoms with Crippen molar-refractivity contribution in [2.75, 3.05) is 36.6 Å². The molecule has 136 valence electrons. The highest BCUT2D eigenvalue weighted by Gasteiger charge is 2.14. The van der Waals surface area contributed by atoms with Gasteiger partial charge in [0.05, 0.1) is 23.7 Å². The average molecular weight is 348 g/mol. The van der Waals surface area contributed by atoms with Gasteiger partial charge in [-0.15, -0.1) is 0 Å². The molecule has 0 aromatic heterocycles. The molecule has 0 bridgehead atoms. The van der Waals surface area contributed by atoms with Crippen molar-refractivity contribution >= 4 is 17.1 Å². The van der Waals surface area contributed by atoms with E-state index in [4.69, 9.17) is 36.9 Å². The third kappa shape index (κ3) is 5.15. The lowest BCUT2D eigenvalue weighted by Gasteiger charge is -2.21. The van der Waals surface area contributed by atoms with Gasteiger partial charge < -0.3 is 36.5 Å². The Kier molecular flexibility index (Phi) is 6.70. The van der Waals surface area contributed by atoms with Crippen molar-refractivity contribution in [2.45, 2.75) is 12.8 Å². The summed E-state index contributed by atoms with van der Waals surface area (Å²) in [5.41, 5.74) is 20.0. The topological polar surface area (TPSA) is 149 Å². The monoisotopic (exact) mass is 348 g/mol. The summed E-state index contributed by atoms with van der Waals surface area (Å²) in [6, 6.07) is 10.5. The highest BCUT2D eigenvalue weighted by molar-refractivity contribution is 5.84. The van der Waals surface area contributed by atoms with Crippen molar-refractivity contribution in [2.24, 2.45) is 5.73 Å². The predicted molar refractivity (Wildman–Crippen MR) is 97.3 cm³/mol. The fourth-order valence-electron chi connectivity index (χ4n) is 2.24. The van der Waals surface area contributed by atoms with Crippen LogP contribution in [0.3, 0.4) is 0 Å². The van der Waals surface area contributed by atoms with E-state index in [0.717, 1.165) is 5.56 Å². The minimum Gasteiger partial charge on any atom is -0.489 e. The van der Waals surface area contributed by atoms with Gasteiger partial charge in [0, 0.05) is 6.61 Å². The van der Waals surface area contributed by atoms with Gasteiger partial charge in [-0.05, 0) is 36.2 Å². The average Bonchev–Trinajstić information content (AvgIpc) is 2.60. The zero-order valence-corrected chi connectivity index (χ0v) is 13.8. The lowest BCUT2D eigenvalue weighted by Crippen LogP contribution is -2.36.